The zero-order valence-electron chi connectivity index (χ0n) is 66.2. The molecular weight excluding hydrogens is 1590 g/mol. The van der Waals surface area contributed by atoms with Crippen LogP contribution in [0.5, 0.6) is 0 Å². The largest absolute Gasteiger partial charge is 0.417 e. The van der Waals surface area contributed by atoms with Crippen LogP contribution >= 0.6 is 0 Å². The van der Waals surface area contributed by atoms with E-state index in [1.165, 1.54) is 6.07 Å². The molecular formula is C105H61F6N15. The summed E-state index contributed by atoms with van der Waals surface area (Å²) >= 11 is 0. The Morgan fingerprint density at radius 2 is 0.460 bits per heavy atom. The molecule has 6 heterocycles. The summed E-state index contributed by atoms with van der Waals surface area (Å²) in [6, 6.07) is 114. The zero-order chi connectivity index (χ0) is 85.2. The highest BCUT2D eigenvalue weighted by Crippen LogP contribution is 2.48. The number of aromatic nitrogens is 14. The third-order valence-electron chi connectivity index (χ3n) is 22.2. The Morgan fingerprint density at radius 1 is 0.206 bits per heavy atom. The highest BCUT2D eigenvalue weighted by Gasteiger charge is 2.39. The van der Waals surface area contributed by atoms with Crippen LogP contribution in [0.3, 0.4) is 0 Å². The first kappa shape index (κ1) is 76.4. The first-order chi connectivity index (χ1) is 61.6. The van der Waals surface area contributed by atoms with Crippen molar-refractivity contribution in [1.82, 2.24) is 68.9 Å². The lowest BCUT2D eigenvalue weighted by molar-refractivity contribution is -0.142. The average molecular weight is 1650 g/mol. The Bertz CT molecular complexity index is 7250. The summed E-state index contributed by atoms with van der Waals surface area (Å²) in [6.45, 7) is 0. The average Bonchev–Trinajstić information content (AvgIpc) is 1.56. The van der Waals surface area contributed by atoms with Crippen molar-refractivity contribution in [2.45, 2.75) is 12.4 Å². The van der Waals surface area contributed by atoms with Crippen molar-refractivity contribution in [3.63, 3.8) is 0 Å². The van der Waals surface area contributed by atoms with Gasteiger partial charge in [-0.3, -0.25) is 0 Å². The lowest BCUT2D eigenvalue weighted by atomic mass is 9.92. The molecule has 0 saturated carbocycles. The van der Waals surface area contributed by atoms with Gasteiger partial charge in [0.25, 0.3) is 0 Å². The number of nitrogens with zero attached hydrogens (tertiary/aromatic N) is 15. The van der Waals surface area contributed by atoms with E-state index < -0.39 is 29.0 Å². The van der Waals surface area contributed by atoms with Gasteiger partial charge in [0.1, 0.15) is 0 Å². The maximum atomic E-state index is 16.0. The summed E-state index contributed by atoms with van der Waals surface area (Å²) in [4.78, 5) is 61.5. The standard InChI is InChI=1S/C105H61F6N15/c106-104(107,108)77-47-49-78(85(61-77)105(109,110)111)72-42-48-79(91(60-72)126-89-53-45-75(102-121-96(68-33-17-5-18-34-68)115-97(122-102)69-35-19-6-20-36-69)58-83(89)84-59-76(46-54-90(84)126)103-123-98(70-37-21-7-22-38-70)116-99(124-103)71-39-23-8-24-40-71)80-55-63(62-112)41-50-86(80)125-87-51-43-73(100-117-92(64-25-9-1-10-26-64)113-93(118-100)65-27-11-2-12-28-65)56-81(87)82-57-74(44-52-88(82)125)101-119-94(66-29-13-3-14-30-66)114-95(120-101)67-31-15-4-16-32-67/h1-61H. The molecule has 0 bridgehead atoms. The molecule has 0 N–H and O–H groups in total. The van der Waals surface area contributed by atoms with Crippen LogP contribution in [0, 0.1) is 11.3 Å². The van der Waals surface area contributed by atoms with E-state index in [9.17, 15) is 18.4 Å². The van der Waals surface area contributed by atoms with Crippen molar-refractivity contribution in [3.8, 4) is 176 Å². The molecule has 0 aliphatic rings. The van der Waals surface area contributed by atoms with Crippen LogP contribution in [0.1, 0.15) is 16.7 Å². The summed E-state index contributed by atoms with van der Waals surface area (Å²) in [5.74, 6) is 4.77. The smallest absolute Gasteiger partial charge is 0.309 e. The Hall–Kier alpha value is -17.0. The molecule has 0 unspecified atom stereocenters. The van der Waals surface area contributed by atoms with Crippen LogP contribution in [0.2, 0.25) is 0 Å². The van der Waals surface area contributed by atoms with Crippen LogP contribution in [-0.2, 0) is 12.4 Å². The summed E-state index contributed by atoms with van der Waals surface area (Å²) in [5.41, 5.74) is 8.92. The van der Waals surface area contributed by atoms with Gasteiger partial charge < -0.3 is 9.13 Å². The van der Waals surface area contributed by atoms with Gasteiger partial charge in [0.05, 0.1) is 56.2 Å². The summed E-state index contributed by atoms with van der Waals surface area (Å²) in [7, 11) is 0. The quantitative estimate of drug-likeness (QED) is 0.0832. The molecule has 21 rings (SSSR count). The number of benzene rings is 15. The SMILES string of the molecule is N#Cc1ccc(-n2c3ccc(-c4nc(-c5ccccc5)nc(-c5ccccc5)n4)cc3c3cc(-c4nc(-c5ccccc5)nc(-c5ccccc5)n4)ccc32)c(-c2ccc(-c3ccc(C(F)(F)F)cc3C(F)(F)F)cc2-n2c3ccc(-c4nc(-c5ccccc5)nc(-c5ccccc5)n4)cc3c3cc(-c4nc(-c5ccccc5)nc(-c5ccccc5)n4)ccc32)c1. The van der Waals surface area contributed by atoms with E-state index in [2.05, 4.69) is 10.6 Å². The van der Waals surface area contributed by atoms with E-state index >= 15 is 13.2 Å². The van der Waals surface area contributed by atoms with Gasteiger partial charge in [-0.2, -0.15) is 31.6 Å². The van der Waals surface area contributed by atoms with E-state index in [1.807, 2.05) is 326 Å². The molecule has 0 saturated heterocycles. The molecule has 15 aromatic carbocycles. The van der Waals surface area contributed by atoms with Gasteiger partial charge in [0, 0.05) is 99.4 Å². The third-order valence-corrected chi connectivity index (χ3v) is 22.2. The Labute approximate surface area is 715 Å². The summed E-state index contributed by atoms with van der Waals surface area (Å²) in [5, 5.41) is 13.9. The van der Waals surface area contributed by atoms with Crippen molar-refractivity contribution >= 4 is 43.6 Å². The minimum absolute atomic E-state index is 0.0829. The van der Waals surface area contributed by atoms with E-state index in [0.29, 0.717) is 159 Å². The minimum Gasteiger partial charge on any atom is -0.309 e. The van der Waals surface area contributed by atoms with E-state index in [4.69, 9.17) is 59.8 Å². The minimum atomic E-state index is -5.29. The van der Waals surface area contributed by atoms with Crippen LogP contribution < -0.4 is 0 Å². The number of hydrogen-bond donors (Lipinski definition) is 0. The molecule has 598 valence electrons. The zero-order valence-corrected chi connectivity index (χ0v) is 66.2. The molecule has 15 nitrogen and oxygen atoms in total. The molecule has 6 aromatic heterocycles. The van der Waals surface area contributed by atoms with E-state index in [-0.39, 0.29) is 22.9 Å². The Balaban J connectivity index is 0.841. The number of halogens is 6. The monoisotopic (exact) mass is 1650 g/mol. The highest BCUT2D eigenvalue weighted by molar-refractivity contribution is 6.14. The fourth-order valence-corrected chi connectivity index (χ4v) is 16.2. The van der Waals surface area contributed by atoms with Gasteiger partial charge in [-0.05, 0) is 120 Å². The number of nitriles is 1. The van der Waals surface area contributed by atoms with Crippen molar-refractivity contribution in [2.75, 3.05) is 0 Å². The van der Waals surface area contributed by atoms with Gasteiger partial charge in [-0.15, -0.1) is 0 Å². The molecule has 0 radical (unpaired) electrons. The van der Waals surface area contributed by atoms with Crippen molar-refractivity contribution in [1.29, 1.82) is 5.26 Å². The normalized spacial score (nSPS) is 11.7. The first-order valence-corrected chi connectivity index (χ1v) is 40.3. The van der Waals surface area contributed by atoms with Crippen molar-refractivity contribution < 1.29 is 26.3 Å². The fourth-order valence-electron chi connectivity index (χ4n) is 16.2. The fraction of sp³-hybridized carbons (Fsp3) is 0.0190. The second kappa shape index (κ2) is 31.5. The van der Waals surface area contributed by atoms with Crippen LogP contribution in [0.15, 0.2) is 370 Å². The summed E-state index contributed by atoms with van der Waals surface area (Å²) < 4.78 is 96.3. The van der Waals surface area contributed by atoms with Gasteiger partial charge in [-0.25, -0.2) is 59.8 Å². The number of alkyl halides is 6. The van der Waals surface area contributed by atoms with Crippen LogP contribution in [-0.4, -0.2) is 68.9 Å². The predicted octanol–water partition coefficient (Wildman–Crippen LogP) is 25.9. The highest BCUT2D eigenvalue weighted by atomic mass is 19.4. The second-order valence-corrected chi connectivity index (χ2v) is 30.1. The molecule has 0 aliphatic heterocycles. The van der Waals surface area contributed by atoms with Crippen molar-refractivity contribution in [2.24, 2.45) is 0 Å². The number of hydrogen-bond acceptors (Lipinski definition) is 13. The maximum Gasteiger partial charge on any atom is 0.417 e. The molecule has 0 spiro atoms. The molecule has 21 heteroatoms. The maximum absolute atomic E-state index is 16.0. The number of rotatable bonds is 16. The van der Waals surface area contributed by atoms with Gasteiger partial charge in [0.15, 0.2) is 69.9 Å². The van der Waals surface area contributed by atoms with Gasteiger partial charge in [0.2, 0.25) is 0 Å². The lowest BCUT2D eigenvalue weighted by Crippen LogP contribution is -2.12. The third kappa shape index (κ3) is 14.5. The summed E-state index contributed by atoms with van der Waals surface area (Å²) in [6.07, 6.45) is -10.4. The van der Waals surface area contributed by atoms with E-state index in [0.717, 1.165) is 50.6 Å². The van der Waals surface area contributed by atoms with Gasteiger partial charge >= 0.3 is 12.4 Å². The molecule has 126 heavy (non-hydrogen) atoms. The number of fused-ring (bicyclic) bond motifs is 6. The molecule has 21 aromatic rings. The Morgan fingerprint density at radius 3 is 0.722 bits per heavy atom. The van der Waals surface area contributed by atoms with Crippen LogP contribution in [0.25, 0.3) is 214 Å². The predicted molar refractivity (Wildman–Crippen MR) is 479 cm³/mol. The van der Waals surface area contributed by atoms with Crippen LogP contribution in [0.4, 0.5) is 26.3 Å². The lowest BCUT2D eigenvalue weighted by Gasteiger charge is -2.21. The van der Waals surface area contributed by atoms with E-state index in [1.54, 1.807) is 24.3 Å². The molecule has 0 aliphatic carbocycles. The second-order valence-electron chi connectivity index (χ2n) is 30.1. The molecule has 0 atom stereocenters. The topological polar surface area (TPSA) is 188 Å². The Kier molecular flexibility index (Phi) is 19.1. The molecule has 0 fully saturated rings. The first-order valence-electron chi connectivity index (χ1n) is 40.3. The van der Waals surface area contributed by atoms with Gasteiger partial charge in [-0.1, -0.05) is 261 Å². The van der Waals surface area contributed by atoms with Crippen molar-refractivity contribution in [3.05, 3.63) is 387 Å². The molecule has 0 amide bonds.